The predicted octanol–water partition coefficient (Wildman–Crippen LogP) is -1.04. The van der Waals surface area contributed by atoms with E-state index in [-0.39, 0.29) is 24.4 Å². The van der Waals surface area contributed by atoms with Gasteiger partial charge in [-0.25, -0.2) is 0 Å². The van der Waals surface area contributed by atoms with Gasteiger partial charge >= 0.3 is 0 Å². The SMILES string of the molecule is CN(C)C(=O)CN(C)C(=O)CN1CCC(N)CC1. The summed E-state index contributed by atoms with van der Waals surface area (Å²) in [6, 6.07) is 0.268. The minimum absolute atomic E-state index is 0.0133. The minimum Gasteiger partial charge on any atom is -0.347 e. The molecule has 6 heteroatoms. The normalized spacial score (nSPS) is 17.6. The zero-order chi connectivity index (χ0) is 13.7. The molecule has 104 valence electrons. The molecular formula is C12H24N4O2. The number of likely N-dealkylation sites (tertiary alicyclic amines) is 1. The molecule has 0 atom stereocenters. The van der Waals surface area contributed by atoms with E-state index < -0.39 is 0 Å². The Hall–Kier alpha value is -1.14. The molecule has 2 amide bonds. The summed E-state index contributed by atoms with van der Waals surface area (Å²) in [5.74, 6) is -0.0767. The van der Waals surface area contributed by atoms with Gasteiger partial charge in [-0.2, -0.15) is 0 Å². The van der Waals surface area contributed by atoms with Gasteiger partial charge in [0.25, 0.3) is 0 Å². The Bertz CT molecular complexity index is 298. The maximum atomic E-state index is 11.9. The van der Waals surface area contributed by atoms with E-state index in [2.05, 4.69) is 4.90 Å². The second kappa shape index (κ2) is 6.70. The van der Waals surface area contributed by atoms with Crippen LogP contribution in [0.3, 0.4) is 0 Å². The topological polar surface area (TPSA) is 69.9 Å². The molecule has 0 saturated carbocycles. The van der Waals surface area contributed by atoms with E-state index >= 15 is 0 Å². The molecule has 2 N–H and O–H groups in total. The van der Waals surface area contributed by atoms with Gasteiger partial charge in [0, 0.05) is 40.3 Å². The number of carbonyl (C=O) groups is 2. The lowest BCUT2D eigenvalue weighted by molar-refractivity contribution is -0.138. The molecule has 1 aliphatic heterocycles. The summed E-state index contributed by atoms with van der Waals surface area (Å²) in [5, 5.41) is 0. The van der Waals surface area contributed by atoms with Gasteiger partial charge in [-0.1, -0.05) is 0 Å². The van der Waals surface area contributed by atoms with Crippen molar-refractivity contribution in [2.75, 3.05) is 47.3 Å². The lowest BCUT2D eigenvalue weighted by Crippen LogP contribution is -2.46. The molecule has 0 aliphatic carbocycles. The van der Waals surface area contributed by atoms with Crippen molar-refractivity contribution in [3.05, 3.63) is 0 Å². The van der Waals surface area contributed by atoms with Crippen LogP contribution in [0.4, 0.5) is 0 Å². The fraction of sp³-hybridized carbons (Fsp3) is 0.833. The molecule has 0 spiro atoms. The van der Waals surface area contributed by atoms with E-state index in [1.165, 1.54) is 9.80 Å². The van der Waals surface area contributed by atoms with Crippen molar-refractivity contribution < 1.29 is 9.59 Å². The first-order valence-electron chi connectivity index (χ1n) is 6.32. The largest absolute Gasteiger partial charge is 0.347 e. The van der Waals surface area contributed by atoms with E-state index in [4.69, 9.17) is 5.73 Å². The standard InChI is InChI=1S/C12H24N4O2/c1-14(2)11(17)8-15(3)12(18)9-16-6-4-10(13)5-7-16/h10H,4-9,13H2,1-3H3. The Morgan fingerprint density at radius 2 is 1.72 bits per heavy atom. The van der Waals surface area contributed by atoms with Crippen molar-refractivity contribution in [3.63, 3.8) is 0 Å². The zero-order valence-electron chi connectivity index (χ0n) is 11.6. The van der Waals surface area contributed by atoms with E-state index in [1.807, 2.05) is 0 Å². The van der Waals surface area contributed by atoms with Crippen molar-refractivity contribution in [2.45, 2.75) is 18.9 Å². The second-order valence-corrected chi connectivity index (χ2v) is 5.15. The molecule has 1 aliphatic rings. The van der Waals surface area contributed by atoms with Crippen molar-refractivity contribution in [1.29, 1.82) is 0 Å². The fourth-order valence-corrected chi connectivity index (χ4v) is 1.86. The van der Waals surface area contributed by atoms with Gasteiger partial charge in [0.1, 0.15) is 0 Å². The first-order chi connectivity index (χ1) is 8.40. The smallest absolute Gasteiger partial charge is 0.241 e. The lowest BCUT2D eigenvalue weighted by Gasteiger charge is -2.30. The second-order valence-electron chi connectivity index (χ2n) is 5.15. The maximum absolute atomic E-state index is 11.9. The summed E-state index contributed by atoms with van der Waals surface area (Å²) in [6.45, 7) is 2.24. The Kier molecular flexibility index (Phi) is 5.55. The van der Waals surface area contributed by atoms with Crippen LogP contribution < -0.4 is 5.73 Å². The summed E-state index contributed by atoms with van der Waals surface area (Å²) in [7, 11) is 5.04. The summed E-state index contributed by atoms with van der Waals surface area (Å²) < 4.78 is 0. The molecule has 1 rings (SSSR count). The third-order valence-electron chi connectivity index (χ3n) is 3.29. The fourth-order valence-electron chi connectivity index (χ4n) is 1.86. The molecule has 0 radical (unpaired) electrons. The van der Waals surface area contributed by atoms with Crippen LogP contribution in [0.1, 0.15) is 12.8 Å². The molecule has 0 aromatic carbocycles. The average molecular weight is 256 g/mol. The molecule has 0 unspecified atom stereocenters. The third kappa shape index (κ3) is 4.62. The summed E-state index contributed by atoms with van der Waals surface area (Å²) in [5.41, 5.74) is 5.81. The lowest BCUT2D eigenvalue weighted by atomic mass is 10.1. The highest BCUT2D eigenvalue weighted by Crippen LogP contribution is 2.07. The number of carbonyl (C=O) groups excluding carboxylic acids is 2. The molecule has 18 heavy (non-hydrogen) atoms. The van der Waals surface area contributed by atoms with Gasteiger partial charge in [0.2, 0.25) is 11.8 Å². The number of hydrogen-bond donors (Lipinski definition) is 1. The molecule has 0 aromatic rings. The van der Waals surface area contributed by atoms with Crippen molar-refractivity contribution in [2.24, 2.45) is 5.73 Å². The highest BCUT2D eigenvalue weighted by Gasteiger charge is 2.21. The Morgan fingerprint density at radius 1 is 1.17 bits per heavy atom. The zero-order valence-corrected chi connectivity index (χ0v) is 11.6. The van der Waals surface area contributed by atoms with Gasteiger partial charge in [-0.05, 0) is 12.8 Å². The van der Waals surface area contributed by atoms with Crippen molar-refractivity contribution in [3.8, 4) is 0 Å². The number of nitrogens with two attached hydrogens (primary N) is 1. The van der Waals surface area contributed by atoms with Gasteiger partial charge < -0.3 is 15.5 Å². The average Bonchev–Trinajstić information content (AvgIpc) is 2.31. The van der Waals surface area contributed by atoms with Crippen LogP contribution in [0.5, 0.6) is 0 Å². The molecule has 1 fully saturated rings. The van der Waals surface area contributed by atoms with Gasteiger partial charge in [0.05, 0.1) is 13.1 Å². The Labute approximate surface area is 109 Å². The Morgan fingerprint density at radius 3 is 2.22 bits per heavy atom. The van der Waals surface area contributed by atoms with Gasteiger partial charge in [-0.3, -0.25) is 14.5 Å². The highest BCUT2D eigenvalue weighted by molar-refractivity contribution is 5.85. The maximum Gasteiger partial charge on any atom is 0.241 e. The van der Waals surface area contributed by atoms with Gasteiger partial charge in [0.15, 0.2) is 0 Å². The molecule has 0 aromatic heterocycles. The van der Waals surface area contributed by atoms with Crippen molar-refractivity contribution >= 4 is 11.8 Å². The molecule has 6 nitrogen and oxygen atoms in total. The van der Waals surface area contributed by atoms with E-state index in [0.717, 1.165) is 25.9 Å². The van der Waals surface area contributed by atoms with E-state index in [1.54, 1.807) is 21.1 Å². The van der Waals surface area contributed by atoms with Crippen LogP contribution in [0.2, 0.25) is 0 Å². The number of likely N-dealkylation sites (N-methyl/N-ethyl adjacent to an activating group) is 2. The third-order valence-corrected chi connectivity index (χ3v) is 3.29. The monoisotopic (exact) mass is 256 g/mol. The minimum atomic E-state index is -0.0634. The number of nitrogens with zero attached hydrogens (tertiary/aromatic N) is 3. The van der Waals surface area contributed by atoms with Gasteiger partial charge in [-0.15, -0.1) is 0 Å². The number of rotatable bonds is 4. The quantitative estimate of drug-likeness (QED) is 0.697. The van der Waals surface area contributed by atoms with Crippen LogP contribution in [0.15, 0.2) is 0 Å². The van der Waals surface area contributed by atoms with Crippen molar-refractivity contribution in [1.82, 2.24) is 14.7 Å². The molecular weight excluding hydrogens is 232 g/mol. The summed E-state index contributed by atoms with van der Waals surface area (Å²) in [4.78, 5) is 28.5. The molecule has 1 heterocycles. The number of amides is 2. The number of piperidine rings is 1. The summed E-state index contributed by atoms with van der Waals surface area (Å²) in [6.07, 6.45) is 1.88. The van der Waals surface area contributed by atoms with Crippen LogP contribution in [0, 0.1) is 0 Å². The van der Waals surface area contributed by atoms with E-state index in [0.29, 0.717) is 6.54 Å². The molecule has 0 bridgehead atoms. The van der Waals surface area contributed by atoms with Crippen LogP contribution >= 0.6 is 0 Å². The first-order valence-corrected chi connectivity index (χ1v) is 6.32. The Balaban J connectivity index is 2.33. The number of hydrogen-bond acceptors (Lipinski definition) is 4. The summed E-state index contributed by atoms with van der Waals surface area (Å²) >= 11 is 0. The first kappa shape index (κ1) is 14.9. The van der Waals surface area contributed by atoms with E-state index in [9.17, 15) is 9.59 Å². The van der Waals surface area contributed by atoms with Crippen LogP contribution in [-0.2, 0) is 9.59 Å². The highest BCUT2D eigenvalue weighted by atomic mass is 16.2. The molecule has 1 saturated heterocycles. The van der Waals surface area contributed by atoms with Crippen LogP contribution in [-0.4, -0.2) is 79.9 Å². The van der Waals surface area contributed by atoms with Crippen LogP contribution in [0.25, 0.3) is 0 Å². The predicted molar refractivity (Wildman–Crippen MR) is 70.0 cm³/mol.